The van der Waals surface area contributed by atoms with Crippen LogP contribution in [-0.4, -0.2) is 12.7 Å². The molecule has 1 atom stereocenters. The van der Waals surface area contributed by atoms with Crippen LogP contribution in [0.4, 0.5) is 0 Å². The molecule has 1 nitrogen and oxygen atoms in total. The van der Waals surface area contributed by atoms with Gasteiger partial charge in [-0.05, 0) is 31.7 Å². The second-order valence-corrected chi connectivity index (χ2v) is 3.49. The second-order valence-electron chi connectivity index (χ2n) is 3.49. The van der Waals surface area contributed by atoms with Gasteiger partial charge in [0.15, 0.2) is 0 Å². The largest absolute Gasteiger partial charge is 0.378 e. The second kappa shape index (κ2) is 6.61. The van der Waals surface area contributed by atoms with Gasteiger partial charge in [0, 0.05) is 6.61 Å². The molecule has 1 heteroatoms. The third kappa shape index (κ3) is 4.43. The molecule has 1 rings (SSSR count). The van der Waals surface area contributed by atoms with Crippen LogP contribution in [-0.2, 0) is 11.2 Å². The number of rotatable bonds is 6. The molecule has 1 radical (unpaired) electrons. The van der Waals surface area contributed by atoms with Gasteiger partial charge in [-0.15, -0.1) is 0 Å². The summed E-state index contributed by atoms with van der Waals surface area (Å²) in [5, 5.41) is 0. The first-order valence-corrected chi connectivity index (χ1v) is 5.31. The van der Waals surface area contributed by atoms with Crippen LogP contribution >= 0.6 is 0 Å². The minimum Gasteiger partial charge on any atom is -0.378 e. The Kier molecular flexibility index (Phi) is 5.31. The van der Waals surface area contributed by atoms with E-state index in [1.807, 2.05) is 6.07 Å². The quantitative estimate of drug-likeness (QED) is 0.627. The van der Waals surface area contributed by atoms with E-state index in [1.54, 1.807) is 0 Å². The van der Waals surface area contributed by atoms with E-state index >= 15 is 0 Å². The van der Waals surface area contributed by atoms with Crippen molar-refractivity contribution in [2.24, 2.45) is 0 Å². The van der Waals surface area contributed by atoms with E-state index in [1.165, 1.54) is 5.56 Å². The molecule has 0 amide bonds. The summed E-state index contributed by atoms with van der Waals surface area (Å²) in [6.45, 7) is 6.79. The van der Waals surface area contributed by atoms with Crippen molar-refractivity contribution < 1.29 is 4.74 Å². The third-order valence-electron chi connectivity index (χ3n) is 2.26. The first kappa shape index (κ1) is 11.3. The molecule has 77 valence electrons. The summed E-state index contributed by atoms with van der Waals surface area (Å²) >= 11 is 0. The van der Waals surface area contributed by atoms with E-state index in [4.69, 9.17) is 4.74 Å². The van der Waals surface area contributed by atoms with Gasteiger partial charge in [0.1, 0.15) is 0 Å². The maximum absolute atomic E-state index is 5.50. The van der Waals surface area contributed by atoms with E-state index in [0.717, 1.165) is 25.9 Å². The minimum atomic E-state index is 0.158. The van der Waals surface area contributed by atoms with Crippen molar-refractivity contribution in [2.45, 2.75) is 32.3 Å². The van der Waals surface area contributed by atoms with Crippen molar-refractivity contribution in [3.8, 4) is 0 Å². The molecule has 14 heavy (non-hydrogen) atoms. The topological polar surface area (TPSA) is 9.23 Å². The fraction of sp³-hybridized carbons (Fsp3) is 0.462. The van der Waals surface area contributed by atoms with Crippen molar-refractivity contribution in [1.29, 1.82) is 0 Å². The molecule has 0 heterocycles. The molecular formula is C13H19O. The van der Waals surface area contributed by atoms with Crippen LogP contribution in [0.3, 0.4) is 0 Å². The molecule has 1 aromatic rings. The van der Waals surface area contributed by atoms with E-state index in [-0.39, 0.29) is 6.10 Å². The average molecular weight is 191 g/mol. The number of hydrogen-bond acceptors (Lipinski definition) is 1. The minimum absolute atomic E-state index is 0.158. The third-order valence-corrected chi connectivity index (χ3v) is 2.26. The molecule has 0 saturated heterocycles. The summed E-state index contributed by atoms with van der Waals surface area (Å²) in [5.41, 5.74) is 1.38. The highest BCUT2D eigenvalue weighted by Crippen LogP contribution is 2.03. The highest BCUT2D eigenvalue weighted by Gasteiger charge is 1.97. The van der Waals surface area contributed by atoms with Gasteiger partial charge in [0.25, 0.3) is 0 Å². The van der Waals surface area contributed by atoms with Crippen molar-refractivity contribution in [3.63, 3.8) is 0 Å². The van der Waals surface area contributed by atoms with Crippen molar-refractivity contribution >= 4 is 0 Å². The highest BCUT2D eigenvalue weighted by molar-refractivity contribution is 5.14. The van der Waals surface area contributed by atoms with Crippen LogP contribution in [0.15, 0.2) is 30.3 Å². The molecule has 0 fully saturated rings. The Balaban J connectivity index is 2.10. The maximum Gasteiger partial charge on any atom is 0.0573 e. The Morgan fingerprint density at radius 2 is 2.00 bits per heavy atom. The Morgan fingerprint density at radius 3 is 2.64 bits per heavy atom. The van der Waals surface area contributed by atoms with E-state index in [2.05, 4.69) is 38.1 Å². The predicted molar refractivity (Wildman–Crippen MR) is 60.2 cm³/mol. The lowest BCUT2D eigenvalue weighted by Gasteiger charge is -2.09. The van der Waals surface area contributed by atoms with Gasteiger partial charge in [0.2, 0.25) is 0 Å². The molecule has 1 unspecified atom stereocenters. The first-order chi connectivity index (χ1) is 6.83. The molecular weight excluding hydrogens is 172 g/mol. The molecule has 0 aromatic heterocycles. The van der Waals surface area contributed by atoms with Crippen LogP contribution in [0.1, 0.15) is 25.3 Å². The van der Waals surface area contributed by atoms with Gasteiger partial charge in [-0.1, -0.05) is 37.3 Å². The van der Waals surface area contributed by atoms with Gasteiger partial charge >= 0.3 is 0 Å². The van der Waals surface area contributed by atoms with Gasteiger partial charge < -0.3 is 4.74 Å². The summed E-state index contributed by atoms with van der Waals surface area (Å²) in [7, 11) is 0. The van der Waals surface area contributed by atoms with Crippen LogP contribution in [0.25, 0.3) is 0 Å². The lowest BCUT2D eigenvalue weighted by Crippen LogP contribution is -2.08. The molecule has 0 aliphatic heterocycles. The standard InChI is InChI=1S/C13H19O/c1-3-12(2)14-11-7-10-13-8-5-4-6-9-13/h4-6,8-9,12H,2-3,7,10-11H2,1H3. The Hall–Kier alpha value is -0.820. The van der Waals surface area contributed by atoms with Crippen LogP contribution in [0.5, 0.6) is 0 Å². The lowest BCUT2D eigenvalue weighted by molar-refractivity contribution is 0.0792. The van der Waals surface area contributed by atoms with Crippen molar-refractivity contribution in [2.75, 3.05) is 6.61 Å². The smallest absolute Gasteiger partial charge is 0.0573 e. The van der Waals surface area contributed by atoms with Gasteiger partial charge in [-0.2, -0.15) is 0 Å². The number of ether oxygens (including phenoxy) is 1. The van der Waals surface area contributed by atoms with Gasteiger partial charge in [-0.25, -0.2) is 0 Å². The number of benzene rings is 1. The first-order valence-electron chi connectivity index (χ1n) is 5.31. The molecule has 0 aliphatic rings. The fourth-order valence-corrected chi connectivity index (χ4v) is 1.29. The van der Waals surface area contributed by atoms with Crippen LogP contribution in [0.2, 0.25) is 0 Å². The van der Waals surface area contributed by atoms with Gasteiger partial charge in [-0.3, -0.25) is 0 Å². The zero-order valence-electron chi connectivity index (χ0n) is 8.91. The summed E-state index contributed by atoms with van der Waals surface area (Å²) in [6, 6.07) is 10.5. The molecule has 0 saturated carbocycles. The fourth-order valence-electron chi connectivity index (χ4n) is 1.29. The summed E-state index contributed by atoms with van der Waals surface area (Å²) in [5.74, 6) is 0. The van der Waals surface area contributed by atoms with E-state index in [9.17, 15) is 0 Å². The Labute approximate surface area is 87.1 Å². The normalized spacial score (nSPS) is 12.7. The molecule has 0 bridgehead atoms. The Morgan fingerprint density at radius 1 is 1.29 bits per heavy atom. The molecule has 0 spiro atoms. The number of hydrogen-bond donors (Lipinski definition) is 0. The number of aryl methyl sites for hydroxylation is 1. The SMILES string of the molecule is [CH2]C(CC)OCCCc1ccccc1. The molecule has 0 N–H and O–H groups in total. The van der Waals surface area contributed by atoms with Gasteiger partial charge in [0.05, 0.1) is 6.10 Å². The Bertz CT molecular complexity index is 230. The van der Waals surface area contributed by atoms with E-state index in [0.29, 0.717) is 0 Å². The maximum atomic E-state index is 5.50. The summed E-state index contributed by atoms with van der Waals surface area (Å²) in [4.78, 5) is 0. The zero-order chi connectivity index (χ0) is 10.2. The lowest BCUT2D eigenvalue weighted by atomic mass is 10.1. The zero-order valence-corrected chi connectivity index (χ0v) is 8.91. The van der Waals surface area contributed by atoms with Crippen LogP contribution in [0, 0.1) is 6.92 Å². The average Bonchev–Trinajstić information content (AvgIpc) is 2.25. The van der Waals surface area contributed by atoms with Crippen LogP contribution < -0.4 is 0 Å². The highest BCUT2D eigenvalue weighted by atomic mass is 16.5. The molecule has 0 aliphatic carbocycles. The summed E-state index contributed by atoms with van der Waals surface area (Å²) in [6.07, 6.45) is 3.32. The monoisotopic (exact) mass is 191 g/mol. The van der Waals surface area contributed by atoms with Crippen molar-refractivity contribution in [3.05, 3.63) is 42.8 Å². The summed E-state index contributed by atoms with van der Waals surface area (Å²) < 4.78 is 5.50. The van der Waals surface area contributed by atoms with E-state index < -0.39 is 0 Å². The van der Waals surface area contributed by atoms with Crippen molar-refractivity contribution in [1.82, 2.24) is 0 Å². The molecule has 1 aromatic carbocycles. The predicted octanol–water partition coefficient (Wildman–Crippen LogP) is 3.25.